The Morgan fingerprint density at radius 1 is 1.18 bits per heavy atom. The largest absolute Gasteiger partial charge is 0.462 e. The van der Waals surface area contributed by atoms with Crippen molar-refractivity contribution in [1.29, 1.82) is 5.26 Å². The van der Waals surface area contributed by atoms with Gasteiger partial charge in [-0.1, -0.05) is 41.9 Å². The molecule has 10 heteroatoms. The molecule has 2 atom stereocenters. The smallest absolute Gasteiger partial charge is 0.319 e. The molecule has 0 saturated carbocycles. The van der Waals surface area contributed by atoms with Gasteiger partial charge in [-0.05, 0) is 44.3 Å². The van der Waals surface area contributed by atoms with Crippen LogP contribution in [0.25, 0.3) is 32.9 Å². The molecule has 2 aromatic carbocycles. The number of fused-ring (bicyclic) bond motifs is 2. The fourth-order valence-electron chi connectivity index (χ4n) is 5.72. The van der Waals surface area contributed by atoms with Gasteiger partial charge in [0.1, 0.15) is 23.6 Å². The molecule has 0 bridgehead atoms. The number of nitriles is 1. The first-order chi connectivity index (χ1) is 18.9. The molecule has 8 nitrogen and oxygen atoms in total. The Kier molecular flexibility index (Phi) is 6.83. The van der Waals surface area contributed by atoms with Gasteiger partial charge in [-0.3, -0.25) is 4.98 Å². The van der Waals surface area contributed by atoms with E-state index in [1.807, 2.05) is 42.3 Å². The van der Waals surface area contributed by atoms with Gasteiger partial charge in [0.2, 0.25) is 0 Å². The van der Waals surface area contributed by atoms with Crippen LogP contribution in [0.3, 0.4) is 0 Å². The molecule has 4 aromatic rings. The van der Waals surface area contributed by atoms with E-state index < -0.39 is 5.82 Å². The average molecular weight is 546 g/mol. The summed E-state index contributed by atoms with van der Waals surface area (Å²) in [4.78, 5) is 19.8. The third kappa shape index (κ3) is 4.68. The topological polar surface area (TPSA) is 81.4 Å². The van der Waals surface area contributed by atoms with Crippen LogP contribution in [-0.2, 0) is 0 Å². The highest BCUT2D eigenvalue weighted by Gasteiger charge is 2.29. The summed E-state index contributed by atoms with van der Waals surface area (Å²) in [6, 6.07) is 11.7. The first-order valence-electron chi connectivity index (χ1n) is 13.2. The minimum absolute atomic E-state index is 0.0381. The van der Waals surface area contributed by atoms with Gasteiger partial charge in [0.25, 0.3) is 0 Å². The highest BCUT2D eigenvalue weighted by molar-refractivity contribution is 6.36. The molecule has 200 valence electrons. The predicted molar refractivity (Wildman–Crippen MR) is 150 cm³/mol. The van der Waals surface area contributed by atoms with Crippen molar-refractivity contribution in [1.82, 2.24) is 24.8 Å². The number of rotatable bonds is 6. The van der Waals surface area contributed by atoms with E-state index in [4.69, 9.17) is 21.3 Å². The predicted octanol–water partition coefficient (Wildman–Crippen LogP) is 5.10. The number of hydrogen-bond acceptors (Lipinski definition) is 8. The monoisotopic (exact) mass is 545 g/mol. The molecule has 2 aromatic heterocycles. The summed E-state index contributed by atoms with van der Waals surface area (Å²) >= 11 is 6.55. The second kappa shape index (κ2) is 10.4. The second-order valence-electron chi connectivity index (χ2n) is 10.3. The highest BCUT2D eigenvalue weighted by atomic mass is 35.5. The molecular weight excluding hydrogens is 517 g/mol. The first kappa shape index (κ1) is 25.5. The van der Waals surface area contributed by atoms with Crippen molar-refractivity contribution >= 4 is 39.1 Å². The summed E-state index contributed by atoms with van der Waals surface area (Å²) in [7, 11) is 3.99. The van der Waals surface area contributed by atoms with E-state index in [2.05, 4.69) is 28.1 Å². The van der Waals surface area contributed by atoms with Crippen LogP contribution in [0, 0.1) is 17.3 Å². The van der Waals surface area contributed by atoms with Crippen molar-refractivity contribution in [3.05, 3.63) is 53.4 Å². The van der Waals surface area contributed by atoms with Crippen molar-refractivity contribution in [2.75, 3.05) is 45.2 Å². The number of benzene rings is 2. The third-order valence-electron chi connectivity index (χ3n) is 8.02. The summed E-state index contributed by atoms with van der Waals surface area (Å²) in [6.07, 6.45) is 6.79. The molecule has 2 saturated heterocycles. The number of likely N-dealkylation sites (tertiary alicyclic amines) is 2. The van der Waals surface area contributed by atoms with Crippen LogP contribution in [0.15, 0.2) is 42.6 Å². The summed E-state index contributed by atoms with van der Waals surface area (Å²) in [6.45, 7) is 2.69. The molecule has 2 unspecified atom stereocenters. The van der Waals surface area contributed by atoms with Gasteiger partial charge in [0.15, 0.2) is 12.0 Å². The van der Waals surface area contributed by atoms with Crippen molar-refractivity contribution in [2.45, 2.75) is 31.3 Å². The number of halogens is 2. The third-order valence-corrected chi connectivity index (χ3v) is 8.33. The quantitative estimate of drug-likeness (QED) is 0.309. The summed E-state index contributed by atoms with van der Waals surface area (Å²) in [5.74, 6) is -0.0154. The molecule has 0 radical (unpaired) electrons. The maximum absolute atomic E-state index is 16.4. The molecule has 6 rings (SSSR count). The molecular formula is C29H29ClFN7O. The zero-order valence-corrected chi connectivity index (χ0v) is 22.7. The zero-order valence-electron chi connectivity index (χ0n) is 21.9. The Morgan fingerprint density at radius 2 is 2.00 bits per heavy atom. The van der Waals surface area contributed by atoms with E-state index in [9.17, 15) is 5.26 Å². The standard InChI is InChI=1S/C29H29ClFN7O/c1-36-12-5-8-20(36)16-39-29-34-27-22(28(35-29)37(2)19-11-13-38(15-19)17-32)14-33-26(25(27)31)21-9-3-6-18-7-4-10-23(30)24(18)21/h3-4,6-7,9-10,14,19-20H,5,8,11-13,15-16H2,1-2H3. The minimum Gasteiger partial charge on any atom is -0.462 e. The van der Waals surface area contributed by atoms with E-state index in [-0.39, 0.29) is 29.3 Å². The Hall–Kier alpha value is -3.74. The number of hydrogen-bond donors (Lipinski definition) is 0. The second-order valence-corrected chi connectivity index (χ2v) is 10.8. The summed E-state index contributed by atoms with van der Waals surface area (Å²) < 4.78 is 22.5. The number of aromatic nitrogens is 3. The van der Waals surface area contributed by atoms with Gasteiger partial charge in [0, 0.05) is 48.3 Å². The van der Waals surface area contributed by atoms with E-state index in [1.165, 1.54) is 0 Å². The number of ether oxygens (including phenoxy) is 1. The molecule has 2 aliphatic rings. The maximum atomic E-state index is 16.4. The van der Waals surface area contributed by atoms with E-state index >= 15 is 4.39 Å². The minimum atomic E-state index is -0.551. The number of pyridine rings is 1. The number of anilines is 1. The van der Waals surface area contributed by atoms with Gasteiger partial charge in [-0.2, -0.15) is 15.2 Å². The van der Waals surface area contributed by atoms with Crippen LogP contribution in [0.5, 0.6) is 6.01 Å². The van der Waals surface area contributed by atoms with Gasteiger partial charge >= 0.3 is 6.01 Å². The Morgan fingerprint density at radius 3 is 2.74 bits per heavy atom. The fourth-order valence-corrected chi connectivity index (χ4v) is 6.00. The van der Waals surface area contributed by atoms with Crippen LogP contribution >= 0.6 is 11.6 Å². The van der Waals surface area contributed by atoms with Crippen LogP contribution < -0.4 is 9.64 Å². The molecule has 0 amide bonds. The maximum Gasteiger partial charge on any atom is 0.319 e. The van der Waals surface area contributed by atoms with E-state index in [0.29, 0.717) is 41.5 Å². The van der Waals surface area contributed by atoms with Crippen LogP contribution in [0.4, 0.5) is 10.2 Å². The van der Waals surface area contributed by atoms with Crippen LogP contribution in [0.1, 0.15) is 19.3 Å². The van der Waals surface area contributed by atoms with Crippen molar-refractivity contribution in [3.8, 4) is 23.5 Å². The van der Waals surface area contributed by atoms with Crippen molar-refractivity contribution in [3.63, 3.8) is 0 Å². The fraction of sp³-hybridized carbons (Fsp3) is 0.379. The number of nitrogens with zero attached hydrogens (tertiary/aromatic N) is 7. The first-order valence-corrected chi connectivity index (χ1v) is 13.6. The molecule has 4 heterocycles. The lowest BCUT2D eigenvalue weighted by molar-refractivity contribution is 0.188. The SMILES string of the molecule is CN1CCCC1COc1nc(N(C)C2CCN(C#N)C2)c2cnc(-c3cccc4cccc(Cl)c34)c(F)c2n1. The Balaban J connectivity index is 1.47. The molecule has 39 heavy (non-hydrogen) atoms. The summed E-state index contributed by atoms with van der Waals surface area (Å²) in [5, 5.41) is 12.0. The van der Waals surface area contributed by atoms with Gasteiger partial charge in [-0.15, -0.1) is 0 Å². The normalized spacial score (nSPS) is 19.6. The van der Waals surface area contributed by atoms with Crippen LogP contribution in [0.2, 0.25) is 5.02 Å². The van der Waals surface area contributed by atoms with Crippen molar-refractivity contribution in [2.24, 2.45) is 0 Å². The van der Waals surface area contributed by atoms with Gasteiger partial charge in [-0.25, -0.2) is 4.39 Å². The van der Waals surface area contributed by atoms with Crippen molar-refractivity contribution < 1.29 is 9.13 Å². The molecule has 0 N–H and O–H groups in total. The van der Waals surface area contributed by atoms with E-state index in [1.54, 1.807) is 17.2 Å². The Labute approximate surface area is 231 Å². The summed E-state index contributed by atoms with van der Waals surface area (Å²) in [5.41, 5.74) is 0.916. The van der Waals surface area contributed by atoms with Gasteiger partial charge in [0.05, 0.1) is 11.4 Å². The van der Waals surface area contributed by atoms with Gasteiger partial charge < -0.3 is 19.4 Å². The molecule has 0 spiro atoms. The Bertz CT molecular complexity index is 1590. The average Bonchev–Trinajstić information content (AvgIpc) is 3.60. The lowest BCUT2D eigenvalue weighted by Gasteiger charge is -2.27. The molecule has 2 fully saturated rings. The zero-order chi connectivity index (χ0) is 27.1. The lowest BCUT2D eigenvalue weighted by atomic mass is 10.0. The van der Waals surface area contributed by atoms with E-state index in [0.717, 1.165) is 36.6 Å². The molecule has 2 aliphatic heterocycles. The lowest BCUT2D eigenvalue weighted by Crippen LogP contribution is -2.35. The highest BCUT2D eigenvalue weighted by Crippen LogP contribution is 2.37. The van der Waals surface area contributed by atoms with Crippen LogP contribution in [-0.4, -0.2) is 77.2 Å². The molecule has 0 aliphatic carbocycles. The number of likely N-dealkylation sites (N-methyl/N-ethyl adjacent to an activating group) is 2.